The molecule has 0 radical (unpaired) electrons. The first-order valence-electron chi connectivity index (χ1n) is 34.7. The van der Waals surface area contributed by atoms with Gasteiger partial charge in [-0.1, -0.05) is 99.5 Å². The zero-order valence-electron chi connectivity index (χ0n) is 58.6. The number of carbonyl (C=O) groups excluding carboxylic acids is 9. The van der Waals surface area contributed by atoms with Crippen LogP contribution >= 0.6 is 12.2 Å². The highest BCUT2D eigenvalue weighted by Gasteiger charge is 2.79. The number of Topliss-reactive ketones (excluding diaryl/α,β-unsaturated/α-hetero) is 1. The normalized spacial score (nSPS) is 23.4. The van der Waals surface area contributed by atoms with Crippen molar-refractivity contribution in [3.05, 3.63) is 179 Å². The Morgan fingerprint density at radius 2 is 1.31 bits per heavy atom. The molecule has 11 rings (SSSR count). The van der Waals surface area contributed by atoms with Crippen LogP contribution in [0.1, 0.15) is 142 Å². The third-order valence-corrected chi connectivity index (χ3v) is 20.9. The van der Waals surface area contributed by atoms with E-state index in [0.717, 1.165) is 26.7 Å². The van der Waals surface area contributed by atoms with Crippen molar-refractivity contribution >= 4 is 98.4 Å². The van der Waals surface area contributed by atoms with Crippen LogP contribution in [0.2, 0.25) is 0 Å². The minimum Gasteiger partial charge on any atom is -0.550 e. The Morgan fingerprint density at radius 1 is 0.705 bits per heavy atom. The van der Waals surface area contributed by atoms with Crippen molar-refractivity contribution < 1.29 is 102 Å². The number of ketones is 1. The maximum absolute atomic E-state index is 17.1. The van der Waals surface area contributed by atoms with E-state index in [4.69, 9.17) is 45.1 Å². The number of aromatic hydroxyl groups is 2. The second-order valence-corrected chi connectivity index (χ2v) is 28.1. The number of hydrogen-bond acceptors (Lipinski definition) is 21. The van der Waals surface area contributed by atoms with Crippen LogP contribution in [0.3, 0.4) is 0 Å². The lowest BCUT2D eigenvalue weighted by atomic mass is 9.44. The summed E-state index contributed by atoms with van der Waals surface area (Å²) in [6.07, 6.45) is -9.29. The average molecular weight is 1460 g/mol. The molecule has 1 saturated heterocycles. The van der Waals surface area contributed by atoms with Crippen LogP contribution in [0.25, 0.3) is 33.1 Å². The SMILES string of the molecule is CC(=O)O[C@H]1C(=O)[C@@]2(C)C(C(OC(=O)c3ccccc3)[C@]3(O)CC(OC(=O)C(O)C(NC(=O)c4ccccc4)c4ccccc4)C(C)=C1C3(C)C)[C@]1(OC(C)=O)CO[C@@H]1C[C@@H]2OC(=O)c1cc(NC(=S)NCCCCCCNC(=O)CCCC(=O)[O-])ccc1-c1c2ccc(O)cc2[o+]c2cc(O)ccc12. The van der Waals surface area contributed by atoms with Crippen molar-refractivity contribution in [1.29, 1.82) is 0 Å². The van der Waals surface area contributed by atoms with Gasteiger partial charge in [-0.2, -0.15) is 0 Å². The van der Waals surface area contributed by atoms with Gasteiger partial charge in [0.2, 0.25) is 5.91 Å². The number of carboxylic acids is 1. The number of rotatable bonds is 25. The lowest BCUT2D eigenvalue weighted by Gasteiger charge is -2.67. The van der Waals surface area contributed by atoms with Crippen LogP contribution in [0.15, 0.2) is 161 Å². The number of carboxylic acid groups (broad SMARTS) is 1. The van der Waals surface area contributed by atoms with Crippen molar-refractivity contribution in [3.8, 4) is 22.6 Å². The van der Waals surface area contributed by atoms with Crippen molar-refractivity contribution in [2.75, 3.05) is 25.0 Å². The van der Waals surface area contributed by atoms with Gasteiger partial charge in [0.25, 0.3) is 5.91 Å². The lowest BCUT2D eigenvalue weighted by Crippen LogP contribution is -2.82. The number of fused-ring (bicyclic) bond motifs is 7. The third kappa shape index (κ3) is 15.5. The number of nitrogens with one attached hydrogen (secondary N) is 4. The van der Waals surface area contributed by atoms with Crippen molar-refractivity contribution in [2.24, 2.45) is 16.7 Å². The van der Waals surface area contributed by atoms with Gasteiger partial charge >= 0.3 is 41.0 Å². The molecule has 2 amide bonds. The number of phenolic OH excluding ortho intramolecular Hbond substituents is 2. The van der Waals surface area contributed by atoms with E-state index in [1.807, 2.05) is 0 Å². The van der Waals surface area contributed by atoms with Crippen molar-refractivity contribution in [1.82, 2.24) is 16.0 Å². The number of aliphatic carboxylic acids is 1. The van der Waals surface area contributed by atoms with Crippen LogP contribution in [-0.4, -0.2) is 146 Å². The minimum atomic E-state index is -2.64. The molecule has 2 saturated carbocycles. The largest absolute Gasteiger partial charge is 0.550 e. The highest BCUT2D eigenvalue weighted by Crippen LogP contribution is 2.65. The van der Waals surface area contributed by atoms with Gasteiger partial charge in [0.1, 0.15) is 41.5 Å². The summed E-state index contributed by atoms with van der Waals surface area (Å²) in [5.74, 6) is -10.7. The van der Waals surface area contributed by atoms with Crippen molar-refractivity contribution in [2.45, 2.75) is 153 Å². The fraction of sp³-hybridized carbons (Fsp3) is 0.380. The van der Waals surface area contributed by atoms with E-state index in [-0.39, 0.29) is 92.0 Å². The highest BCUT2D eigenvalue weighted by molar-refractivity contribution is 7.80. The Kier molecular flexibility index (Phi) is 22.5. The monoisotopic (exact) mass is 1450 g/mol. The zero-order chi connectivity index (χ0) is 75.3. The van der Waals surface area contributed by atoms with E-state index in [0.29, 0.717) is 47.8 Å². The smallest absolute Gasteiger partial charge is 0.365 e. The van der Waals surface area contributed by atoms with Gasteiger partial charge in [0.05, 0.1) is 58.0 Å². The summed E-state index contributed by atoms with van der Waals surface area (Å²) in [7, 11) is 0. The molecule has 6 aromatic carbocycles. The first kappa shape index (κ1) is 75.5. The fourth-order valence-corrected chi connectivity index (χ4v) is 15.6. The molecule has 1 aliphatic heterocycles. The minimum absolute atomic E-state index is 0.0382. The van der Waals surface area contributed by atoms with Gasteiger partial charge in [-0.3, -0.25) is 24.0 Å². The molecule has 7 aromatic rings. The van der Waals surface area contributed by atoms with Gasteiger partial charge in [-0.15, -0.1) is 0 Å². The molecular formula is C79H82N4O21S. The first-order valence-corrected chi connectivity index (χ1v) is 35.1. The van der Waals surface area contributed by atoms with Crippen LogP contribution in [-0.2, 0) is 57.2 Å². The maximum Gasteiger partial charge on any atom is 0.365 e. The molecule has 3 fully saturated rings. The highest BCUT2D eigenvalue weighted by atomic mass is 32.1. The van der Waals surface area contributed by atoms with Gasteiger partial charge in [-0.05, 0) is 135 Å². The number of amides is 2. The molecule has 3 aliphatic carbocycles. The topological polar surface area (TPSA) is 372 Å². The molecule has 5 unspecified atom stereocenters. The quantitative estimate of drug-likeness (QED) is 0.00504. The summed E-state index contributed by atoms with van der Waals surface area (Å²) in [5, 5.41) is 71.9. The van der Waals surface area contributed by atoms with E-state index in [2.05, 4.69) is 21.3 Å². The maximum atomic E-state index is 17.1. The van der Waals surface area contributed by atoms with E-state index < -0.39 is 138 Å². The summed E-state index contributed by atoms with van der Waals surface area (Å²) < 4.78 is 45.2. The van der Waals surface area contributed by atoms with Crippen LogP contribution in [0, 0.1) is 16.7 Å². The molecule has 11 atom stereocenters. The average Bonchev–Trinajstić information content (AvgIpc) is 0.667. The van der Waals surface area contributed by atoms with Gasteiger partial charge < -0.3 is 80.0 Å². The van der Waals surface area contributed by atoms with Crippen molar-refractivity contribution in [3.63, 3.8) is 0 Å². The number of aliphatic hydroxyl groups is 2. The summed E-state index contributed by atoms with van der Waals surface area (Å²) in [6, 6.07) is 35.8. The number of benzene rings is 6. The van der Waals surface area contributed by atoms with Crippen LogP contribution in [0.4, 0.5) is 5.69 Å². The number of esters is 5. The molecular weight excluding hydrogens is 1370 g/mol. The Bertz CT molecular complexity index is 4510. The molecule has 550 valence electrons. The number of phenols is 2. The molecule has 8 N–H and O–H groups in total. The summed E-state index contributed by atoms with van der Waals surface area (Å²) in [6.45, 7) is 8.40. The standard InChI is InChI=1S/C79H82N4O21S/c1-43-58(101-74(96)66(91)65(46-21-12-9-13-22-46)83-71(93)47-23-14-10-15-24-47)41-79(97)70(103-72(94)48-25-16-11-17-26-48)68-77(6,69(92)67(99-44(2)84)64(43)76(79,4)5)59(40-60-78(68,42-98-60)104-45(3)85)102-73(95)55-37-49(82-75(105)81-36-19-8-7-18-35-80-61(88)27-20-28-62(89)90)29-32-52(55)63-53-33-30-50(86)38-56(53)100-57-39-51(87)31-34-54(57)63/h9-17,21-26,29-34,37-39,58-60,65-68,70,91,97H,7-8,18-20,27-28,35-36,40-42H2,1-6H3,(H6-,80,81,82,83,86,87,88,89,90,93,105)/t58?,59-,60+,65?,66?,67+,68?,70?,77+,78-,79+/m0/s1. The number of unbranched alkanes of at least 4 members (excludes halogenated alkanes) is 3. The molecule has 2 bridgehead atoms. The third-order valence-electron chi connectivity index (χ3n) is 20.6. The van der Waals surface area contributed by atoms with E-state index in [9.17, 15) is 54.3 Å². The molecule has 4 aliphatic rings. The summed E-state index contributed by atoms with van der Waals surface area (Å²) >= 11 is 5.80. The van der Waals surface area contributed by atoms with Crippen LogP contribution in [0.5, 0.6) is 11.5 Å². The number of thiocarbonyl (C=S) groups is 1. The van der Waals surface area contributed by atoms with E-state index in [1.54, 1.807) is 91.0 Å². The molecule has 25 nitrogen and oxygen atoms in total. The fourth-order valence-electron chi connectivity index (χ4n) is 15.4. The summed E-state index contributed by atoms with van der Waals surface area (Å²) in [4.78, 5) is 128. The number of anilines is 1. The second-order valence-electron chi connectivity index (χ2n) is 27.7. The van der Waals surface area contributed by atoms with Gasteiger partial charge in [-0.25, -0.2) is 18.8 Å². The lowest BCUT2D eigenvalue weighted by molar-refractivity contribution is -0.345. The molecule has 105 heavy (non-hydrogen) atoms. The number of hydrogen-bond donors (Lipinski definition) is 8. The Morgan fingerprint density at radius 3 is 1.90 bits per heavy atom. The van der Waals surface area contributed by atoms with Gasteiger partial charge in [0, 0.05) is 74.4 Å². The Hall–Kier alpha value is -10.7. The predicted octanol–water partition coefficient (Wildman–Crippen LogP) is 8.74. The first-order chi connectivity index (χ1) is 50.1. The molecule has 26 heteroatoms. The second kappa shape index (κ2) is 31.3. The Balaban J connectivity index is 1.01. The molecule has 1 aromatic heterocycles. The van der Waals surface area contributed by atoms with E-state index >= 15 is 14.4 Å². The molecule has 2 heterocycles. The predicted molar refractivity (Wildman–Crippen MR) is 382 cm³/mol. The van der Waals surface area contributed by atoms with Crippen LogP contribution < -0.4 is 26.4 Å². The Labute approximate surface area is 609 Å². The number of ether oxygens (including phenoxy) is 6. The van der Waals surface area contributed by atoms with Gasteiger partial charge in [0.15, 0.2) is 28.7 Å². The summed E-state index contributed by atoms with van der Waals surface area (Å²) in [5.41, 5.74) is -7.71. The zero-order valence-corrected chi connectivity index (χ0v) is 59.4. The molecule has 0 spiro atoms. The van der Waals surface area contributed by atoms with E-state index in [1.165, 1.54) is 82.3 Å². The number of carbonyl (C=O) groups is 9. The number of aliphatic hydroxyl groups excluding tert-OH is 1.